The summed E-state index contributed by atoms with van der Waals surface area (Å²) in [5.41, 5.74) is 2.34. The van der Waals surface area contributed by atoms with Gasteiger partial charge in [0, 0.05) is 24.3 Å². The second kappa shape index (κ2) is 6.06. The van der Waals surface area contributed by atoms with Crippen LogP contribution in [0, 0.1) is 0 Å². The third-order valence-electron chi connectivity index (χ3n) is 3.59. The SMILES string of the molecule is CCCCCCN1CCC(O)c2ccccc21. The molecule has 2 rings (SSSR count). The second-order valence-electron chi connectivity index (χ2n) is 4.91. The summed E-state index contributed by atoms with van der Waals surface area (Å²) in [6.07, 6.45) is 5.80. The molecule has 1 aliphatic heterocycles. The van der Waals surface area contributed by atoms with Crippen molar-refractivity contribution in [2.75, 3.05) is 18.0 Å². The van der Waals surface area contributed by atoms with Gasteiger partial charge in [-0.25, -0.2) is 0 Å². The number of fused-ring (bicyclic) bond motifs is 1. The van der Waals surface area contributed by atoms with Crippen LogP contribution < -0.4 is 4.90 Å². The number of benzene rings is 1. The highest BCUT2D eigenvalue weighted by molar-refractivity contribution is 5.56. The zero-order valence-corrected chi connectivity index (χ0v) is 10.7. The van der Waals surface area contributed by atoms with E-state index in [1.54, 1.807) is 0 Å². The highest BCUT2D eigenvalue weighted by Gasteiger charge is 2.22. The van der Waals surface area contributed by atoms with Crippen molar-refractivity contribution in [3.8, 4) is 0 Å². The first-order valence-electron chi connectivity index (χ1n) is 6.85. The number of aliphatic hydroxyl groups excluding tert-OH is 1. The van der Waals surface area contributed by atoms with Crippen molar-refractivity contribution in [2.45, 2.75) is 45.1 Å². The predicted octanol–water partition coefficient (Wildman–Crippen LogP) is 3.51. The summed E-state index contributed by atoms with van der Waals surface area (Å²) in [5, 5.41) is 9.96. The number of para-hydroxylation sites is 1. The largest absolute Gasteiger partial charge is 0.388 e. The molecule has 1 N–H and O–H groups in total. The molecule has 0 fully saturated rings. The smallest absolute Gasteiger partial charge is 0.0826 e. The average Bonchev–Trinajstić information content (AvgIpc) is 2.37. The molecule has 1 heterocycles. The van der Waals surface area contributed by atoms with Crippen molar-refractivity contribution in [1.29, 1.82) is 0 Å². The van der Waals surface area contributed by atoms with Gasteiger partial charge in [-0.3, -0.25) is 0 Å². The van der Waals surface area contributed by atoms with E-state index >= 15 is 0 Å². The van der Waals surface area contributed by atoms with Crippen LogP contribution >= 0.6 is 0 Å². The van der Waals surface area contributed by atoms with Gasteiger partial charge in [0.25, 0.3) is 0 Å². The summed E-state index contributed by atoms with van der Waals surface area (Å²) in [6, 6.07) is 8.27. The summed E-state index contributed by atoms with van der Waals surface area (Å²) in [4.78, 5) is 2.43. The Morgan fingerprint density at radius 3 is 2.88 bits per heavy atom. The molecule has 0 radical (unpaired) electrons. The molecular weight excluding hydrogens is 210 g/mol. The van der Waals surface area contributed by atoms with E-state index in [1.165, 1.54) is 31.4 Å². The van der Waals surface area contributed by atoms with Gasteiger partial charge in [-0.1, -0.05) is 44.4 Å². The standard InChI is InChI=1S/C15H23NO/c1-2-3-4-7-11-16-12-10-15(17)13-8-5-6-9-14(13)16/h5-6,8-9,15,17H,2-4,7,10-12H2,1H3. The van der Waals surface area contributed by atoms with E-state index in [1.807, 2.05) is 6.07 Å². The van der Waals surface area contributed by atoms with E-state index in [-0.39, 0.29) is 6.10 Å². The zero-order chi connectivity index (χ0) is 12.1. The highest BCUT2D eigenvalue weighted by atomic mass is 16.3. The first-order valence-corrected chi connectivity index (χ1v) is 6.85. The van der Waals surface area contributed by atoms with Gasteiger partial charge in [-0.05, 0) is 18.9 Å². The highest BCUT2D eigenvalue weighted by Crippen LogP contribution is 2.33. The molecule has 1 unspecified atom stereocenters. The third kappa shape index (κ3) is 3.01. The first-order chi connectivity index (χ1) is 8.33. The lowest BCUT2D eigenvalue weighted by Gasteiger charge is -2.33. The van der Waals surface area contributed by atoms with Crippen molar-refractivity contribution in [2.24, 2.45) is 0 Å². The van der Waals surface area contributed by atoms with Gasteiger partial charge in [0.15, 0.2) is 0 Å². The summed E-state index contributed by atoms with van der Waals surface area (Å²) < 4.78 is 0. The van der Waals surface area contributed by atoms with E-state index in [0.717, 1.165) is 25.1 Å². The topological polar surface area (TPSA) is 23.5 Å². The molecular formula is C15H23NO. The lowest BCUT2D eigenvalue weighted by Crippen LogP contribution is -2.32. The molecule has 0 spiro atoms. The van der Waals surface area contributed by atoms with Gasteiger partial charge in [-0.15, -0.1) is 0 Å². The molecule has 0 amide bonds. The Balaban J connectivity index is 1.98. The Morgan fingerprint density at radius 2 is 2.06 bits per heavy atom. The van der Waals surface area contributed by atoms with Crippen molar-refractivity contribution in [1.82, 2.24) is 0 Å². The van der Waals surface area contributed by atoms with Crippen LogP contribution in [0.3, 0.4) is 0 Å². The summed E-state index contributed by atoms with van der Waals surface area (Å²) in [7, 11) is 0. The lowest BCUT2D eigenvalue weighted by atomic mass is 9.98. The fourth-order valence-corrected chi connectivity index (χ4v) is 2.57. The molecule has 1 atom stereocenters. The van der Waals surface area contributed by atoms with Crippen LogP contribution in [0.2, 0.25) is 0 Å². The molecule has 1 aromatic rings. The Hall–Kier alpha value is -1.02. The van der Waals surface area contributed by atoms with Crippen LogP contribution in [0.15, 0.2) is 24.3 Å². The normalized spacial score (nSPS) is 19.2. The molecule has 0 saturated carbocycles. The molecule has 0 saturated heterocycles. The molecule has 17 heavy (non-hydrogen) atoms. The number of rotatable bonds is 5. The van der Waals surface area contributed by atoms with E-state index in [2.05, 4.69) is 30.0 Å². The van der Waals surface area contributed by atoms with Gasteiger partial charge in [0.1, 0.15) is 0 Å². The number of aliphatic hydroxyl groups is 1. The van der Waals surface area contributed by atoms with Crippen molar-refractivity contribution < 1.29 is 5.11 Å². The predicted molar refractivity (Wildman–Crippen MR) is 72.4 cm³/mol. The monoisotopic (exact) mass is 233 g/mol. The van der Waals surface area contributed by atoms with E-state index in [4.69, 9.17) is 0 Å². The maximum atomic E-state index is 9.96. The molecule has 94 valence electrons. The van der Waals surface area contributed by atoms with Gasteiger partial charge in [0.05, 0.1) is 6.10 Å². The Labute approximate surface area is 104 Å². The Kier molecular flexibility index (Phi) is 4.43. The molecule has 0 aromatic heterocycles. The van der Waals surface area contributed by atoms with Crippen LogP contribution in [-0.2, 0) is 0 Å². The molecule has 1 aromatic carbocycles. The van der Waals surface area contributed by atoms with Crippen LogP contribution in [0.25, 0.3) is 0 Å². The van der Waals surface area contributed by atoms with Crippen molar-refractivity contribution in [3.63, 3.8) is 0 Å². The maximum Gasteiger partial charge on any atom is 0.0826 e. The van der Waals surface area contributed by atoms with E-state index in [9.17, 15) is 5.11 Å². The minimum absolute atomic E-state index is 0.266. The maximum absolute atomic E-state index is 9.96. The Morgan fingerprint density at radius 1 is 1.24 bits per heavy atom. The second-order valence-corrected chi connectivity index (χ2v) is 4.91. The van der Waals surface area contributed by atoms with Crippen LogP contribution in [0.1, 0.15) is 50.7 Å². The fourth-order valence-electron chi connectivity index (χ4n) is 2.57. The molecule has 0 bridgehead atoms. The van der Waals surface area contributed by atoms with Gasteiger partial charge in [0.2, 0.25) is 0 Å². The molecule has 2 nitrogen and oxygen atoms in total. The van der Waals surface area contributed by atoms with Gasteiger partial charge >= 0.3 is 0 Å². The van der Waals surface area contributed by atoms with E-state index in [0.29, 0.717) is 0 Å². The minimum Gasteiger partial charge on any atom is -0.388 e. The summed E-state index contributed by atoms with van der Waals surface area (Å²) in [6.45, 7) is 4.36. The van der Waals surface area contributed by atoms with Gasteiger partial charge in [-0.2, -0.15) is 0 Å². The van der Waals surface area contributed by atoms with Crippen LogP contribution in [-0.4, -0.2) is 18.2 Å². The minimum atomic E-state index is -0.266. The number of nitrogens with zero attached hydrogens (tertiary/aromatic N) is 1. The van der Waals surface area contributed by atoms with Crippen LogP contribution in [0.4, 0.5) is 5.69 Å². The third-order valence-corrected chi connectivity index (χ3v) is 3.59. The first kappa shape index (κ1) is 12.4. The van der Waals surface area contributed by atoms with Crippen molar-refractivity contribution in [3.05, 3.63) is 29.8 Å². The Bertz CT molecular complexity index is 351. The zero-order valence-electron chi connectivity index (χ0n) is 10.7. The quantitative estimate of drug-likeness (QED) is 0.787. The molecule has 2 heteroatoms. The van der Waals surface area contributed by atoms with Crippen molar-refractivity contribution >= 4 is 5.69 Å². The van der Waals surface area contributed by atoms with Crippen LogP contribution in [0.5, 0.6) is 0 Å². The number of hydrogen-bond donors (Lipinski definition) is 1. The number of unbranched alkanes of at least 4 members (excludes halogenated alkanes) is 3. The molecule has 0 aliphatic carbocycles. The average molecular weight is 233 g/mol. The van der Waals surface area contributed by atoms with E-state index < -0.39 is 0 Å². The fraction of sp³-hybridized carbons (Fsp3) is 0.600. The molecule has 1 aliphatic rings. The summed E-state index contributed by atoms with van der Waals surface area (Å²) in [5.74, 6) is 0. The van der Waals surface area contributed by atoms with Gasteiger partial charge < -0.3 is 10.0 Å². The summed E-state index contributed by atoms with van der Waals surface area (Å²) >= 11 is 0. The number of hydrogen-bond acceptors (Lipinski definition) is 2. The number of anilines is 1. The lowest BCUT2D eigenvalue weighted by molar-refractivity contribution is 0.164.